The zero-order valence-corrected chi connectivity index (χ0v) is 9.67. The fourth-order valence-corrected chi connectivity index (χ4v) is 2.46. The van der Waals surface area contributed by atoms with Gasteiger partial charge in [-0.25, -0.2) is 0 Å². The molecule has 1 saturated carbocycles. The van der Waals surface area contributed by atoms with Crippen molar-refractivity contribution in [2.24, 2.45) is 5.92 Å². The summed E-state index contributed by atoms with van der Waals surface area (Å²) < 4.78 is 0. The first-order valence-corrected chi connectivity index (χ1v) is 6.19. The van der Waals surface area contributed by atoms with E-state index in [1.54, 1.807) is 0 Å². The molecule has 15 heavy (non-hydrogen) atoms. The summed E-state index contributed by atoms with van der Waals surface area (Å²) in [5.74, 6) is -0.0874. The first kappa shape index (κ1) is 12.5. The fraction of sp³-hybridized carbons (Fsp3) is 0.917. The van der Waals surface area contributed by atoms with Crippen molar-refractivity contribution in [3.8, 4) is 0 Å². The van der Waals surface area contributed by atoms with Gasteiger partial charge < -0.3 is 10.4 Å². The molecule has 3 nitrogen and oxygen atoms in total. The molecule has 0 aromatic heterocycles. The molecular formula is C12H23NO2. The molecule has 1 atom stereocenters. The molecule has 3 heteroatoms. The van der Waals surface area contributed by atoms with Gasteiger partial charge in [0.15, 0.2) is 0 Å². The number of aliphatic carboxylic acids is 1. The highest BCUT2D eigenvalue weighted by Crippen LogP contribution is 2.27. The van der Waals surface area contributed by atoms with Crippen LogP contribution in [0.4, 0.5) is 0 Å². The Morgan fingerprint density at radius 1 is 1.40 bits per heavy atom. The maximum atomic E-state index is 10.8. The average Bonchev–Trinajstić information content (AvgIpc) is 2.25. The number of hydrogen-bond donors (Lipinski definition) is 2. The molecule has 1 unspecified atom stereocenters. The zero-order chi connectivity index (χ0) is 11.1. The maximum Gasteiger partial charge on any atom is 0.304 e. The second-order valence-corrected chi connectivity index (χ2v) is 4.56. The van der Waals surface area contributed by atoms with Crippen LogP contribution in [0.2, 0.25) is 0 Å². The summed E-state index contributed by atoms with van der Waals surface area (Å²) in [5, 5.41) is 12.3. The van der Waals surface area contributed by atoms with Crippen LogP contribution in [0.3, 0.4) is 0 Å². The van der Waals surface area contributed by atoms with Gasteiger partial charge in [0.1, 0.15) is 0 Å². The highest BCUT2D eigenvalue weighted by molar-refractivity contribution is 5.67. The monoisotopic (exact) mass is 213 g/mol. The van der Waals surface area contributed by atoms with Gasteiger partial charge in [0.2, 0.25) is 0 Å². The lowest BCUT2D eigenvalue weighted by atomic mass is 9.82. The highest BCUT2D eigenvalue weighted by atomic mass is 16.4. The van der Waals surface area contributed by atoms with Crippen molar-refractivity contribution < 1.29 is 9.90 Å². The Bertz CT molecular complexity index is 188. The minimum Gasteiger partial charge on any atom is -0.481 e. The topological polar surface area (TPSA) is 49.3 Å². The molecule has 0 radical (unpaired) electrons. The Morgan fingerprint density at radius 3 is 2.60 bits per heavy atom. The lowest BCUT2D eigenvalue weighted by Crippen LogP contribution is -2.39. The summed E-state index contributed by atoms with van der Waals surface area (Å²) in [7, 11) is 0. The smallest absolute Gasteiger partial charge is 0.304 e. The van der Waals surface area contributed by atoms with E-state index in [1.165, 1.54) is 32.1 Å². The van der Waals surface area contributed by atoms with E-state index in [1.807, 2.05) is 0 Å². The average molecular weight is 213 g/mol. The predicted molar refractivity (Wildman–Crippen MR) is 60.9 cm³/mol. The van der Waals surface area contributed by atoms with E-state index in [9.17, 15) is 4.79 Å². The van der Waals surface area contributed by atoms with Crippen molar-refractivity contribution in [1.29, 1.82) is 0 Å². The van der Waals surface area contributed by atoms with Crippen LogP contribution in [0.25, 0.3) is 0 Å². The molecule has 0 amide bonds. The van der Waals surface area contributed by atoms with Crippen molar-refractivity contribution in [2.45, 2.75) is 57.9 Å². The van der Waals surface area contributed by atoms with E-state index in [4.69, 9.17) is 5.11 Å². The lowest BCUT2D eigenvalue weighted by Gasteiger charge is -2.30. The van der Waals surface area contributed by atoms with Gasteiger partial charge in [-0.15, -0.1) is 0 Å². The maximum absolute atomic E-state index is 10.8. The van der Waals surface area contributed by atoms with Gasteiger partial charge in [0.05, 0.1) is 6.42 Å². The number of carboxylic acids is 1. The van der Waals surface area contributed by atoms with Crippen LogP contribution in [0.5, 0.6) is 0 Å². The molecule has 0 saturated heterocycles. The Morgan fingerprint density at radius 2 is 2.07 bits per heavy atom. The van der Waals surface area contributed by atoms with Crippen LogP contribution < -0.4 is 5.32 Å². The normalized spacial score (nSPS) is 20.1. The van der Waals surface area contributed by atoms with E-state index in [-0.39, 0.29) is 12.5 Å². The molecule has 1 fully saturated rings. The van der Waals surface area contributed by atoms with Gasteiger partial charge in [-0.3, -0.25) is 4.79 Å². The molecule has 1 rings (SSSR count). The molecule has 1 aliphatic carbocycles. The Labute approximate surface area is 92.3 Å². The van der Waals surface area contributed by atoms with Crippen LogP contribution in [0.15, 0.2) is 0 Å². The highest BCUT2D eigenvalue weighted by Gasteiger charge is 2.24. The van der Waals surface area contributed by atoms with Crippen molar-refractivity contribution in [1.82, 2.24) is 5.32 Å². The second kappa shape index (κ2) is 6.83. The van der Waals surface area contributed by atoms with Crippen molar-refractivity contribution in [3.05, 3.63) is 0 Å². The minimum atomic E-state index is -0.672. The molecule has 0 heterocycles. The number of carbonyl (C=O) groups is 1. The van der Waals surface area contributed by atoms with Gasteiger partial charge in [0, 0.05) is 6.04 Å². The Kier molecular flexibility index (Phi) is 5.69. The van der Waals surface area contributed by atoms with Gasteiger partial charge in [0.25, 0.3) is 0 Å². The van der Waals surface area contributed by atoms with Gasteiger partial charge >= 0.3 is 5.97 Å². The van der Waals surface area contributed by atoms with Crippen LogP contribution >= 0.6 is 0 Å². The quantitative estimate of drug-likeness (QED) is 0.712. The first-order chi connectivity index (χ1) is 7.24. The summed E-state index contributed by atoms with van der Waals surface area (Å²) in [4.78, 5) is 10.8. The zero-order valence-electron chi connectivity index (χ0n) is 9.67. The van der Waals surface area contributed by atoms with Crippen LogP contribution in [-0.2, 0) is 4.79 Å². The third-order valence-electron chi connectivity index (χ3n) is 3.27. The van der Waals surface area contributed by atoms with Crippen molar-refractivity contribution in [2.75, 3.05) is 6.54 Å². The number of carboxylic acid groups (broad SMARTS) is 1. The molecule has 0 aliphatic heterocycles. The van der Waals surface area contributed by atoms with Gasteiger partial charge in [-0.05, 0) is 31.7 Å². The molecule has 0 bridgehead atoms. The SMILES string of the molecule is CCCNC(CC(=O)O)C1CCCCC1. The summed E-state index contributed by atoms with van der Waals surface area (Å²) in [6.07, 6.45) is 7.63. The molecule has 1 aliphatic rings. The summed E-state index contributed by atoms with van der Waals surface area (Å²) in [5.41, 5.74) is 0. The molecule has 0 spiro atoms. The minimum absolute atomic E-state index is 0.197. The number of rotatable bonds is 6. The van der Waals surface area contributed by atoms with Gasteiger partial charge in [-0.2, -0.15) is 0 Å². The lowest BCUT2D eigenvalue weighted by molar-refractivity contribution is -0.138. The van der Waals surface area contributed by atoms with E-state index in [0.29, 0.717) is 5.92 Å². The van der Waals surface area contributed by atoms with Crippen LogP contribution in [0, 0.1) is 5.92 Å². The summed E-state index contributed by atoms with van der Waals surface area (Å²) in [6.45, 7) is 3.06. The van der Waals surface area contributed by atoms with E-state index < -0.39 is 5.97 Å². The molecule has 0 aromatic carbocycles. The van der Waals surface area contributed by atoms with Gasteiger partial charge in [-0.1, -0.05) is 26.2 Å². The summed E-state index contributed by atoms with van der Waals surface area (Å²) >= 11 is 0. The third-order valence-corrected chi connectivity index (χ3v) is 3.27. The summed E-state index contributed by atoms with van der Waals surface area (Å²) in [6, 6.07) is 0.197. The van der Waals surface area contributed by atoms with Crippen LogP contribution in [0.1, 0.15) is 51.9 Å². The molecule has 2 N–H and O–H groups in total. The first-order valence-electron chi connectivity index (χ1n) is 6.19. The van der Waals surface area contributed by atoms with Crippen molar-refractivity contribution >= 4 is 5.97 Å². The second-order valence-electron chi connectivity index (χ2n) is 4.56. The Hall–Kier alpha value is -0.570. The number of nitrogens with one attached hydrogen (secondary N) is 1. The molecule has 88 valence electrons. The van der Waals surface area contributed by atoms with Crippen molar-refractivity contribution in [3.63, 3.8) is 0 Å². The standard InChI is InChI=1S/C12H23NO2/c1-2-8-13-11(9-12(14)15)10-6-4-3-5-7-10/h10-11,13H,2-9H2,1H3,(H,14,15). The predicted octanol–water partition coefficient (Wildman–Crippen LogP) is 2.41. The van der Waals surface area contributed by atoms with E-state index >= 15 is 0 Å². The largest absolute Gasteiger partial charge is 0.481 e. The van der Waals surface area contributed by atoms with E-state index in [2.05, 4.69) is 12.2 Å². The fourth-order valence-electron chi connectivity index (χ4n) is 2.46. The third kappa shape index (κ3) is 4.65. The Balaban J connectivity index is 2.41. The number of hydrogen-bond acceptors (Lipinski definition) is 2. The molecular weight excluding hydrogens is 190 g/mol. The molecule has 0 aromatic rings. The van der Waals surface area contributed by atoms with Crippen LogP contribution in [-0.4, -0.2) is 23.7 Å². The van der Waals surface area contributed by atoms with E-state index in [0.717, 1.165) is 13.0 Å².